The Hall–Kier alpha value is -2.28. The lowest BCUT2D eigenvalue weighted by Crippen LogP contribution is -2.45. The Bertz CT molecular complexity index is 876. The fraction of sp³-hybridized carbons (Fsp3) is 0.522. The number of carbonyl (C=O) groups excluding carboxylic acids is 2. The van der Waals surface area contributed by atoms with E-state index in [1.807, 2.05) is 26.0 Å². The Morgan fingerprint density at radius 3 is 2.73 bits per heavy atom. The number of nitrogens with one attached hydrogen (secondary N) is 1. The van der Waals surface area contributed by atoms with Crippen LogP contribution in [0.25, 0.3) is 0 Å². The number of thioether (sulfide) groups is 1. The second kappa shape index (κ2) is 10.2. The standard InChI is InChI=1S/C23H30N2O4S/c1-14-8-7-10-20(15(14)2)24-22(26)12-28-23(27)18-9-5-6-11-21(18)30-13-19-16(3)25-29-17(19)4/h5-6,9,11,14-15,20H,7-8,10,12-13H2,1-4H3,(H,24,26). The van der Waals surface area contributed by atoms with Crippen molar-refractivity contribution in [1.29, 1.82) is 0 Å². The molecule has 3 rings (SSSR count). The molecule has 1 saturated carbocycles. The highest BCUT2D eigenvalue weighted by atomic mass is 32.2. The number of esters is 1. The summed E-state index contributed by atoms with van der Waals surface area (Å²) in [4.78, 5) is 25.8. The third-order valence-corrected chi connectivity index (χ3v) is 7.15. The molecule has 0 saturated heterocycles. The van der Waals surface area contributed by atoms with Crippen molar-refractivity contribution in [2.75, 3.05) is 6.61 Å². The fourth-order valence-electron chi connectivity index (χ4n) is 3.86. The van der Waals surface area contributed by atoms with Crippen LogP contribution in [0.1, 0.15) is 60.5 Å². The molecule has 2 aromatic rings. The first-order valence-electron chi connectivity index (χ1n) is 10.5. The number of ether oxygens (including phenoxy) is 1. The van der Waals surface area contributed by atoms with Crippen molar-refractivity contribution in [1.82, 2.24) is 10.5 Å². The Morgan fingerprint density at radius 1 is 1.23 bits per heavy atom. The molecule has 1 N–H and O–H groups in total. The van der Waals surface area contributed by atoms with E-state index in [1.165, 1.54) is 18.2 Å². The maximum atomic E-state index is 12.6. The molecule has 0 aliphatic heterocycles. The number of amides is 1. The summed E-state index contributed by atoms with van der Waals surface area (Å²) in [5, 5.41) is 7.01. The van der Waals surface area contributed by atoms with Gasteiger partial charge in [-0.1, -0.05) is 44.0 Å². The lowest BCUT2D eigenvalue weighted by Gasteiger charge is -2.34. The van der Waals surface area contributed by atoms with Crippen LogP contribution < -0.4 is 5.32 Å². The minimum absolute atomic E-state index is 0.151. The summed E-state index contributed by atoms with van der Waals surface area (Å²) in [6.07, 6.45) is 3.29. The van der Waals surface area contributed by atoms with Crippen LogP contribution in [0, 0.1) is 25.7 Å². The zero-order valence-electron chi connectivity index (χ0n) is 18.1. The molecule has 0 radical (unpaired) electrons. The topological polar surface area (TPSA) is 81.4 Å². The number of benzene rings is 1. The number of hydrogen-bond acceptors (Lipinski definition) is 6. The quantitative estimate of drug-likeness (QED) is 0.507. The van der Waals surface area contributed by atoms with Crippen LogP contribution >= 0.6 is 11.8 Å². The first-order chi connectivity index (χ1) is 14.4. The van der Waals surface area contributed by atoms with Crippen molar-refractivity contribution in [3.05, 3.63) is 46.8 Å². The van der Waals surface area contributed by atoms with Gasteiger partial charge in [0.05, 0.1) is 11.3 Å². The van der Waals surface area contributed by atoms with Gasteiger partial charge >= 0.3 is 5.97 Å². The molecule has 1 heterocycles. The van der Waals surface area contributed by atoms with Gasteiger partial charge in [0.15, 0.2) is 6.61 Å². The molecule has 0 bridgehead atoms. The average molecular weight is 431 g/mol. The van der Waals surface area contributed by atoms with Crippen LogP contribution in [-0.4, -0.2) is 29.7 Å². The van der Waals surface area contributed by atoms with E-state index in [0.717, 1.165) is 34.8 Å². The molecule has 1 aromatic carbocycles. The molecule has 30 heavy (non-hydrogen) atoms. The van der Waals surface area contributed by atoms with Crippen LogP contribution in [0.4, 0.5) is 0 Å². The van der Waals surface area contributed by atoms with E-state index in [-0.39, 0.29) is 18.6 Å². The molecule has 162 valence electrons. The highest BCUT2D eigenvalue weighted by Crippen LogP contribution is 2.30. The van der Waals surface area contributed by atoms with E-state index < -0.39 is 5.97 Å². The highest BCUT2D eigenvalue weighted by molar-refractivity contribution is 7.98. The van der Waals surface area contributed by atoms with Crippen molar-refractivity contribution in [2.45, 2.75) is 63.6 Å². The van der Waals surface area contributed by atoms with E-state index in [4.69, 9.17) is 9.26 Å². The Kier molecular flexibility index (Phi) is 7.58. The number of hydrogen-bond donors (Lipinski definition) is 1. The molecule has 1 aliphatic rings. The summed E-state index contributed by atoms with van der Waals surface area (Å²) < 4.78 is 10.5. The largest absolute Gasteiger partial charge is 0.452 e. The Labute approximate surface area is 182 Å². The fourth-order valence-corrected chi connectivity index (χ4v) is 5.06. The molecule has 1 amide bonds. The summed E-state index contributed by atoms with van der Waals surface area (Å²) >= 11 is 1.52. The Balaban J connectivity index is 1.56. The van der Waals surface area contributed by atoms with Gasteiger partial charge in [-0.3, -0.25) is 4.79 Å². The van der Waals surface area contributed by atoms with Gasteiger partial charge < -0.3 is 14.6 Å². The van der Waals surface area contributed by atoms with Gasteiger partial charge in [0.1, 0.15) is 5.76 Å². The predicted molar refractivity (Wildman–Crippen MR) is 116 cm³/mol. The normalized spacial score (nSPS) is 21.3. The lowest BCUT2D eigenvalue weighted by molar-refractivity contribution is -0.125. The second-order valence-corrected chi connectivity index (χ2v) is 9.12. The van der Waals surface area contributed by atoms with Gasteiger partial charge in [-0.05, 0) is 44.2 Å². The number of carbonyl (C=O) groups is 2. The van der Waals surface area contributed by atoms with E-state index in [0.29, 0.717) is 23.2 Å². The third kappa shape index (κ3) is 5.45. The van der Waals surface area contributed by atoms with Gasteiger partial charge in [-0.15, -0.1) is 11.8 Å². The summed E-state index contributed by atoms with van der Waals surface area (Å²) in [7, 11) is 0. The maximum Gasteiger partial charge on any atom is 0.339 e. The van der Waals surface area contributed by atoms with Crippen molar-refractivity contribution >= 4 is 23.6 Å². The number of nitrogens with zero attached hydrogens (tertiary/aromatic N) is 1. The van der Waals surface area contributed by atoms with Crippen molar-refractivity contribution in [3.63, 3.8) is 0 Å². The molecular weight excluding hydrogens is 400 g/mol. The van der Waals surface area contributed by atoms with Crippen molar-refractivity contribution < 1.29 is 18.8 Å². The zero-order valence-corrected chi connectivity index (χ0v) is 18.9. The molecule has 0 spiro atoms. The van der Waals surface area contributed by atoms with Gasteiger partial charge in [-0.25, -0.2) is 4.79 Å². The molecule has 3 unspecified atom stereocenters. The van der Waals surface area contributed by atoms with E-state index in [1.54, 1.807) is 12.1 Å². The average Bonchev–Trinajstić information content (AvgIpc) is 3.05. The van der Waals surface area contributed by atoms with E-state index in [9.17, 15) is 9.59 Å². The maximum absolute atomic E-state index is 12.6. The summed E-state index contributed by atoms with van der Waals surface area (Å²) in [5.74, 6) is 1.72. The first kappa shape index (κ1) is 22.4. The zero-order chi connectivity index (χ0) is 21.7. The SMILES string of the molecule is Cc1noc(C)c1CSc1ccccc1C(=O)OCC(=O)NC1CCCC(C)C1C. The summed E-state index contributed by atoms with van der Waals surface area (Å²) in [6.45, 7) is 7.91. The first-order valence-corrected chi connectivity index (χ1v) is 11.5. The minimum Gasteiger partial charge on any atom is -0.452 e. The predicted octanol–water partition coefficient (Wildman–Crippen LogP) is 4.68. The van der Waals surface area contributed by atoms with Crippen molar-refractivity contribution in [3.8, 4) is 0 Å². The van der Waals surface area contributed by atoms with Crippen LogP contribution in [0.15, 0.2) is 33.7 Å². The van der Waals surface area contributed by atoms with Crippen LogP contribution in [0.3, 0.4) is 0 Å². The van der Waals surface area contributed by atoms with Crippen molar-refractivity contribution in [2.24, 2.45) is 11.8 Å². The molecule has 6 nitrogen and oxygen atoms in total. The monoisotopic (exact) mass is 430 g/mol. The van der Waals surface area contributed by atoms with Crippen LogP contribution in [0.5, 0.6) is 0 Å². The highest BCUT2D eigenvalue weighted by Gasteiger charge is 2.28. The second-order valence-electron chi connectivity index (χ2n) is 8.11. The third-order valence-electron chi connectivity index (χ3n) is 6.05. The minimum atomic E-state index is -0.489. The molecule has 1 fully saturated rings. The molecule has 7 heteroatoms. The van der Waals surface area contributed by atoms with Gasteiger partial charge in [-0.2, -0.15) is 0 Å². The summed E-state index contributed by atoms with van der Waals surface area (Å²) in [5.41, 5.74) is 2.34. The van der Waals surface area contributed by atoms with E-state index >= 15 is 0 Å². The number of aromatic nitrogens is 1. The lowest BCUT2D eigenvalue weighted by atomic mass is 9.78. The molecule has 1 aliphatic carbocycles. The smallest absolute Gasteiger partial charge is 0.339 e. The molecular formula is C23H30N2O4S. The van der Waals surface area contributed by atoms with Crippen LogP contribution in [-0.2, 0) is 15.3 Å². The number of rotatable bonds is 7. The summed E-state index contributed by atoms with van der Waals surface area (Å²) in [6, 6.07) is 7.43. The van der Waals surface area contributed by atoms with Gasteiger partial charge in [0, 0.05) is 22.3 Å². The Morgan fingerprint density at radius 2 is 2.00 bits per heavy atom. The van der Waals surface area contributed by atoms with Crippen LogP contribution in [0.2, 0.25) is 0 Å². The van der Waals surface area contributed by atoms with Gasteiger partial charge in [0.2, 0.25) is 0 Å². The molecule has 3 atom stereocenters. The molecule has 1 aromatic heterocycles. The number of aryl methyl sites for hydroxylation is 2. The van der Waals surface area contributed by atoms with E-state index in [2.05, 4.69) is 24.3 Å². The van der Waals surface area contributed by atoms with Gasteiger partial charge in [0.25, 0.3) is 5.91 Å².